The van der Waals surface area contributed by atoms with E-state index in [1.807, 2.05) is 12.1 Å². The number of ether oxygens (including phenoxy) is 1. The number of alkyl halides is 2. The number of benzene rings is 1. The maximum absolute atomic E-state index is 6.22. The van der Waals surface area contributed by atoms with Gasteiger partial charge in [0, 0.05) is 0 Å². The maximum Gasteiger partial charge on any atom is 0.172 e. The van der Waals surface area contributed by atoms with Gasteiger partial charge in [-0.2, -0.15) is 0 Å². The average Bonchev–Trinajstić information content (AvgIpc) is 2.80. The molecule has 2 unspecified atom stereocenters. The molecule has 0 saturated carbocycles. The van der Waals surface area contributed by atoms with E-state index in [0.29, 0.717) is 0 Å². The number of nitrogens with one attached hydrogen (secondary N) is 1. The van der Waals surface area contributed by atoms with Crippen molar-refractivity contribution in [2.24, 2.45) is 0 Å². The molecular formula is C15H19Br2NOS2. The number of halogens is 2. The number of rotatable bonds is 7. The molecule has 2 nitrogen and oxygen atoms in total. The second-order valence-corrected chi connectivity index (χ2v) is 9.59. The van der Waals surface area contributed by atoms with Gasteiger partial charge in [0.15, 0.2) is 8.46 Å². The number of H-pyrrole nitrogens is 1. The molecule has 0 radical (unpaired) electrons. The Hall–Kier alpha value is 0.0900. The summed E-state index contributed by atoms with van der Waals surface area (Å²) in [5.74, 6) is 0.833. The third-order valence-corrected chi connectivity index (χ3v) is 7.21. The topological polar surface area (TPSA) is 25.0 Å². The van der Waals surface area contributed by atoms with Crippen molar-refractivity contribution in [1.29, 1.82) is 0 Å². The molecule has 0 aliphatic heterocycles. The molecule has 2 atom stereocenters. The number of fused-ring (bicyclic) bond motifs is 1. The van der Waals surface area contributed by atoms with Crippen LogP contribution in [-0.2, 0) is 0 Å². The summed E-state index contributed by atoms with van der Waals surface area (Å²) in [5, 5.41) is 0. The number of hydrogen-bond acceptors (Lipinski definition) is 3. The SMILES string of the molecule is CCCCCC(Br)C(C)(Br)Oc1cccc2sc(=S)[nH]c12. The summed E-state index contributed by atoms with van der Waals surface area (Å²) in [6.45, 7) is 4.27. The Balaban J connectivity index is 2.16. The fourth-order valence-electron chi connectivity index (χ4n) is 2.14. The van der Waals surface area contributed by atoms with Gasteiger partial charge in [-0.25, -0.2) is 0 Å². The highest BCUT2D eigenvalue weighted by Gasteiger charge is 2.32. The highest BCUT2D eigenvalue weighted by atomic mass is 79.9. The summed E-state index contributed by atoms with van der Waals surface area (Å²) in [4.78, 5) is 3.46. The molecule has 0 saturated heterocycles. The van der Waals surface area contributed by atoms with Crippen LogP contribution in [0.4, 0.5) is 0 Å². The lowest BCUT2D eigenvalue weighted by Crippen LogP contribution is -2.35. The molecule has 1 aromatic carbocycles. The van der Waals surface area contributed by atoms with Crippen molar-refractivity contribution in [1.82, 2.24) is 4.98 Å². The molecule has 0 bridgehead atoms. The van der Waals surface area contributed by atoms with E-state index in [1.54, 1.807) is 11.3 Å². The molecule has 1 heterocycles. The quantitative estimate of drug-likeness (QED) is 0.284. The molecule has 6 heteroatoms. The van der Waals surface area contributed by atoms with Crippen LogP contribution < -0.4 is 4.74 Å². The van der Waals surface area contributed by atoms with Crippen molar-refractivity contribution in [3.8, 4) is 5.75 Å². The van der Waals surface area contributed by atoms with Crippen LogP contribution >= 0.6 is 55.4 Å². The van der Waals surface area contributed by atoms with Gasteiger partial charge in [0.05, 0.1) is 9.53 Å². The molecule has 21 heavy (non-hydrogen) atoms. The average molecular weight is 453 g/mol. The molecule has 0 fully saturated rings. The van der Waals surface area contributed by atoms with Crippen LogP contribution in [0.25, 0.3) is 10.2 Å². The highest BCUT2D eigenvalue weighted by molar-refractivity contribution is 9.12. The van der Waals surface area contributed by atoms with E-state index in [1.165, 1.54) is 19.3 Å². The highest BCUT2D eigenvalue weighted by Crippen LogP contribution is 2.37. The standard InChI is InChI=1S/C15H19Br2NOS2/c1-3-4-5-9-12(16)15(2,17)19-10-7-6-8-11-13(10)18-14(20)21-11/h6-8,12H,3-5,9H2,1-2H3,(H,18,20). The zero-order chi connectivity index (χ0) is 15.5. The van der Waals surface area contributed by atoms with E-state index in [9.17, 15) is 0 Å². The monoisotopic (exact) mass is 451 g/mol. The Morgan fingerprint density at radius 2 is 2.19 bits per heavy atom. The Morgan fingerprint density at radius 1 is 1.43 bits per heavy atom. The van der Waals surface area contributed by atoms with Gasteiger partial charge in [-0.3, -0.25) is 0 Å². The fourth-order valence-corrected chi connectivity index (χ4v) is 4.09. The van der Waals surface area contributed by atoms with Crippen molar-refractivity contribution in [2.45, 2.75) is 48.9 Å². The lowest BCUT2D eigenvalue weighted by Gasteiger charge is -2.29. The minimum Gasteiger partial charge on any atom is -0.473 e. The normalized spacial score (nSPS) is 15.8. The first-order valence-electron chi connectivity index (χ1n) is 7.08. The zero-order valence-electron chi connectivity index (χ0n) is 12.1. The van der Waals surface area contributed by atoms with Crippen molar-refractivity contribution in [3.05, 3.63) is 22.2 Å². The number of unbranched alkanes of at least 4 members (excludes halogenated alkanes) is 2. The van der Waals surface area contributed by atoms with Gasteiger partial charge in [0.2, 0.25) is 0 Å². The van der Waals surface area contributed by atoms with Gasteiger partial charge >= 0.3 is 0 Å². The van der Waals surface area contributed by atoms with Crippen LogP contribution in [0.5, 0.6) is 5.75 Å². The number of aromatic amines is 1. The molecule has 0 aliphatic rings. The smallest absolute Gasteiger partial charge is 0.172 e. The van der Waals surface area contributed by atoms with Crippen LogP contribution in [0, 0.1) is 3.95 Å². The van der Waals surface area contributed by atoms with E-state index >= 15 is 0 Å². The molecule has 2 rings (SSSR count). The van der Waals surface area contributed by atoms with E-state index in [2.05, 4.69) is 56.8 Å². The summed E-state index contributed by atoms with van der Waals surface area (Å²) in [6.07, 6.45) is 4.75. The molecule has 116 valence electrons. The fraction of sp³-hybridized carbons (Fsp3) is 0.533. The largest absolute Gasteiger partial charge is 0.473 e. The molecule has 1 N–H and O–H groups in total. The molecule has 0 amide bonds. The molecule has 1 aromatic heterocycles. The number of thiazole rings is 1. The number of para-hydroxylation sites is 1. The predicted molar refractivity (Wildman–Crippen MR) is 102 cm³/mol. The van der Waals surface area contributed by atoms with E-state index in [4.69, 9.17) is 17.0 Å². The van der Waals surface area contributed by atoms with Crippen LogP contribution in [0.3, 0.4) is 0 Å². The summed E-state index contributed by atoms with van der Waals surface area (Å²) in [5.41, 5.74) is 0.978. The second kappa shape index (κ2) is 7.57. The predicted octanol–water partition coefficient (Wildman–Crippen LogP) is 6.79. The van der Waals surface area contributed by atoms with Gasteiger partial charge in [-0.05, 0) is 53.6 Å². The van der Waals surface area contributed by atoms with E-state index < -0.39 is 4.51 Å². The Morgan fingerprint density at radius 3 is 2.90 bits per heavy atom. The molecule has 0 spiro atoms. The van der Waals surface area contributed by atoms with Crippen LogP contribution in [0.15, 0.2) is 18.2 Å². The second-order valence-electron chi connectivity index (χ2n) is 5.20. The summed E-state index contributed by atoms with van der Waals surface area (Å²) >= 11 is 14.3. The Labute approximate surface area is 151 Å². The molecular weight excluding hydrogens is 434 g/mol. The van der Waals surface area contributed by atoms with Gasteiger partial charge in [0.25, 0.3) is 0 Å². The van der Waals surface area contributed by atoms with Gasteiger partial charge in [-0.15, -0.1) is 11.3 Å². The Bertz CT molecular complexity index is 650. The lowest BCUT2D eigenvalue weighted by molar-refractivity contribution is 0.189. The van der Waals surface area contributed by atoms with Crippen LogP contribution in [0.2, 0.25) is 0 Å². The van der Waals surface area contributed by atoms with Crippen molar-refractivity contribution in [2.75, 3.05) is 0 Å². The third kappa shape index (κ3) is 4.53. The molecule has 0 aliphatic carbocycles. The first kappa shape index (κ1) is 17.4. The summed E-state index contributed by atoms with van der Waals surface area (Å²) in [7, 11) is 0. The van der Waals surface area contributed by atoms with Gasteiger partial charge in [0.1, 0.15) is 11.3 Å². The maximum atomic E-state index is 6.22. The molecule has 2 aromatic rings. The Kier molecular flexibility index (Phi) is 6.29. The number of hydrogen-bond donors (Lipinski definition) is 1. The lowest BCUT2D eigenvalue weighted by atomic mass is 10.1. The van der Waals surface area contributed by atoms with E-state index in [0.717, 1.165) is 26.3 Å². The minimum atomic E-state index is -0.452. The number of aromatic nitrogens is 1. The van der Waals surface area contributed by atoms with Crippen molar-refractivity contribution >= 4 is 65.6 Å². The first-order valence-corrected chi connectivity index (χ1v) is 10.0. The van der Waals surface area contributed by atoms with Crippen molar-refractivity contribution in [3.63, 3.8) is 0 Å². The summed E-state index contributed by atoms with van der Waals surface area (Å²) < 4.78 is 7.66. The van der Waals surface area contributed by atoms with Crippen LogP contribution in [0.1, 0.15) is 39.5 Å². The minimum absolute atomic E-state index is 0.244. The van der Waals surface area contributed by atoms with Crippen molar-refractivity contribution < 1.29 is 4.74 Å². The van der Waals surface area contributed by atoms with Crippen LogP contribution in [-0.4, -0.2) is 14.3 Å². The first-order chi connectivity index (χ1) is 9.94. The van der Waals surface area contributed by atoms with Gasteiger partial charge < -0.3 is 9.72 Å². The summed E-state index contributed by atoms with van der Waals surface area (Å²) in [6, 6.07) is 6.03. The van der Waals surface area contributed by atoms with E-state index in [-0.39, 0.29) is 4.83 Å². The zero-order valence-corrected chi connectivity index (χ0v) is 16.9. The van der Waals surface area contributed by atoms with Gasteiger partial charge in [-0.1, -0.05) is 48.2 Å². The third-order valence-electron chi connectivity index (χ3n) is 3.35.